The predicted molar refractivity (Wildman–Crippen MR) is 154 cm³/mol. The van der Waals surface area contributed by atoms with Crippen molar-refractivity contribution in [3.05, 3.63) is 130 Å². The van der Waals surface area contributed by atoms with Crippen molar-refractivity contribution >= 4 is 46.0 Å². The molecule has 2 aromatic heterocycles. The van der Waals surface area contributed by atoms with E-state index in [1.807, 2.05) is 48.5 Å². The highest BCUT2D eigenvalue weighted by Gasteiger charge is 2.05. The van der Waals surface area contributed by atoms with Gasteiger partial charge in [0, 0.05) is 21.9 Å². The van der Waals surface area contributed by atoms with Crippen LogP contribution in [-0.4, -0.2) is 0 Å². The zero-order valence-corrected chi connectivity index (χ0v) is 21.7. The van der Waals surface area contributed by atoms with E-state index in [4.69, 9.17) is 33.3 Å². The highest BCUT2D eigenvalue weighted by molar-refractivity contribution is 7.71. The molecule has 176 valence electrons. The molecule has 4 aromatic carbocycles. The first-order valence-electron chi connectivity index (χ1n) is 11.7. The first kappa shape index (κ1) is 23.9. The molecule has 0 spiro atoms. The van der Waals surface area contributed by atoms with Crippen LogP contribution in [-0.2, 0) is 0 Å². The average molecular weight is 505 g/mol. The van der Waals surface area contributed by atoms with Gasteiger partial charge < -0.3 is 8.83 Å². The minimum absolute atomic E-state index is 0.545. The molecule has 0 saturated heterocycles. The molecule has 2 nitrogen and oxygen atoms in total. The lowest BCUT2D eigenvalue weighted by Crippen LogP contribution is -1.81. The first-order valence-corrected chi connectivity index (χ1v) is 12.5. The van der Waals surface area contributed by atoms with Crippen molar-refractivity contribution in [1.82, 2.24) is 0 Å². The monoisotopic (exact) mass is 504 g/mol. The Balaban J connectivity index is 0.000000148. The van der Waals surface area contributed by atoms with Crippen molar-refractivity contribution in [2.75, 3.05) is 0 Å². The second-order valence-corrected chi connectivity index (χ2v) is 9.44. The van der Waals surface area contributed by atoms with Crippen molar-refractivity contribution in [3.63, 3.8) is 0 Å². The molecule has 0 amide bonds. The van der Waals surface area contributed by atoms with E-state index >= 15 is 0 Å². The fourth-order valence-corrected chi connectivity index (χ4v) is 4.54. The van der Waals surface area contributed by atoms with Crippen LogP contribution in [0.2, 0.25) is 0 Å². The van der Waals surface area contributed by atoms with E-state index in [0.717, 1.165) is 44.2 Å². The van der Waals surface area contributed by atoms with Gasteiger partial charge in [0.15, 0.2) is 9.41 Å². The number of rotatable bonds is 2. The maximum absolute atomic E-state index is 5.73. The summed E-state index contributed by atoms with van der Waals surface area (Å²) in [6, 6.07) is 36.6. The number of fused-ring (bicyclic) bond motifs is 2. The fourth-order valence-electron chi connectivity index (χ4n) is 3.99. The van der Waals surface area contributed by atoms with E-state index in [1.54, 1.807) is 0 Å². The van der Waals surface area contributed by atoms with Crippen LogP contribution >= 0.6 is 24.4 Å². The molecule has 0 saturated carbocycles. The Bertz CT molecular complexity index is 1640. The van der Waals surface area contributed by atoms with Gasteiger partial charge in [-0.05, 0) is 73.3 Å². The van der Waals surface area contributed by atoms with E-state index in [1.165, 1.54) is 11.1 Å². The molecule has 0 atom stereocenters. The third-order valence-corrected chi connectivity index (χ3v) is 6.62. The lowest BCUT2D eigenvalue weighted by atomic mass is 10.1. The highest BCUT2D eigenvalue weighted by atomic mass is 32.1. The van der Waals surface area contributed by atoms with Gasteiger partial charge in [-0.25, -0.2) is 0 Å². The van der Waals surface area contributed by atoms with Crippen LogP contribution in [0.1, 0.15) is 11.1 Å². The van der Waals surface area contributed by atoms with Gasteiger partial charge in [-0.2, -0.15) is 0 Å². The third-order valence-electron chi connectivity index (χ3n) is 6.01. The standard InChI is InChI=1S/2C16H12OS/c2*1-11-6-8-12(9-7-11)15-10-13-4-2-3-5-14(13)16(18)17-15/h2*2-10H,1H3. The Morgan fingerprint density at radius 3 is 1.22 bits per heavy atom. The molecule has 6 rings (SSSR count). The largest absolute Gasteiger partial charge is 0.445 e. The van der Waals surface area contributed by atoms with Gasteiger partial charge in [-0.3, -0.25) is 0 Å². The van der Waals surface area contributed by atoms with Crippen molar-refractivity contribution < 1.29 is 8.83 Å². The van der Waals surface area contributed by atoms with Gasteiger partial charge in [0.2, 0.25) is 0 Å². The Labute approximate surface area is 220 Å². The van der Waals surface area contributed by atoms with E-state index in [-0.39, 0.29) is 0 Å². The Hall–Kier alpha value is -3.86. The van der Waals surface area contributed by atoms with Crippen molar-refractivity contribution in [2.45, 2.75) is 13.8 Å². The minimum atomic E-state index is 0.545. The van der Waals surface area contributed by atoms with Gasteiger partial charge in [0.25, 0.3) is 0 Å². The van der Waals surface area contributed by atoms with Crippen LogP contribution in [0.4, 0.5) is 0 Å². The number of hydrogen-bond acceptors (Lipinski definition) is 4. The van der Waals surface area contributed by atoms with E-state index in [2.05, 4.69) is 74.5 Å². The quantitative estimate of drug-likeness (QED) is 0.219. The highest BCUT2D eigenvalue weighted by Crippen LogP contribution is 2.27. The molecule has 0 aliphatic heterocycles. The summed E-state index contributed by atoms with van der Waals surface area (Å²) in [6.07, 6.45) is 0. The summed E-state index contributed by atoms with van der Waals surface area (Å²) in [5, 5.41) is 4.21. The van der Waals surface area contributed by atoms with Crippen LogP contribution in [0.25, 0.3) is 44.2 Å². The summed E-state index contributed by atoms with van der Waals surface area (Å²) in [5.74, 6) is 1.64. The molecule has 2 heterocycles. The van der Waals surface area contributed by atoms with Crippen LogP contribution in [0.15, 0.2) is 118 Å². The number of hydrogen-bond donors (Lipinski definition) is 0. The van der Waals surface area contributed by atoms with Gasteiger partial charge >= 0.3 is 0 Å². The molecule has 0 bridgehead atoms. The van der Waals surface area contributed by atoms with Gasteiger partial charge in [0.05, 0.1) is 0 Å². The summed E-state index contributed by atoms with van der Waals surface area (Å²) in [5.41, 5.74) is 4.58. The molecule has 0 N–H and O–H groups in total. The summed E-state index contributed by atoms with van der Waals surface area (Å²) < 4.78 is 12.6. The summed E-state index contributed by atoms with van der Waals surface area (Å²) in [6.45, 7) is 4.14. The van der Waals surface area contributed by atoms with Gasteiger partial charge in [-0.15, -0.1) is 0 Å². The van der Waals surface area contributed by atoms with Crippen molar-refractivity contribution in [1.29, 1.82) is 0 Å². The van der Waals surface area contributed by atoms with Crippen LogP contribution < -0.4 is 0 Å². The first-order chi connectivity index (χ1) is 17.5. The fraction of sp³-hybridized carbons (Fsp3) is 0.0625. The van der Waals surface area contributed by atoms with Gasteiger partial charge in [0.1, 0.15) is 11.5 Å². The third kappa shape index (κ3) is 5.20. The summed E-state index contributed by atoms with van der Waals surface area (Å²) in [7, 11) is 0. The molecule has 0 aliphatic carbocycles. The zero-order valence-electron chi connectivity index (χ0n) is 20.0. The number of benzene rings is 4. The second-order valence-electron chi connectivity index (χ2n) is 8.70. The van der Waals surface area contributed by atoms with Crippen LogP contribution in [0, 0.1) is 23.3 Å². The summed E-state index contributed by atoms with van der Waals surface area (Å²) >= 11 is 10.6. The average Bonchev–Trinajstić information content (AvgIpc) is 2.90. The smallest absolute Gasteiger partial charge is 0.198 e. The predicted octanol–water partition coefficient (Wildman–Crippen LogP) is 10.3. The lowest BCUT2D eigenvalue weighted by molar-refractivity contribution is 0.557. The summed E-state index contributed by atoms with van der Waals surface area (Å²) in [4.78, 5) is 0. The molecular formula is C32H24O2S2. The minimum Gasteiger partial charge on any atom is -0.445 e. The Morgan fingerprint density at radius 2 is 0.833 bits per heavy atom. The maximum Gasteiger partial charge on any atom is 0.198 e. The molecule has 36 heavy (non-hydrogen) atoms. The van der Waals surface area contributed by atoms with Crippen LogP contribution in [0.3, 0.4) is 0 Å². The van der Waals surface area contributed by atoms with E-state index < -0.39 is 0 Å². The van der Waals surface area contributed by atoms with Gasteiger partial charge in [-0.1, -0.05) is 96.1 Å². The molecule has 0 radical (unpaired) electrons. The molecule has 0 unspecified atom stereocenters. The maximum atomic E-state index is 5.73. The lowest BCUT2D eigenvalue weighted by Gasteiger charge is -2.04. The van der Waals surface area contributed by atoms with Crippen LogP contribution in [0.5, 0.6) is 0 Å². The van der Waals surface area contributed by atoms with E-state index in [0.29, 0.717) is 9.41 Å². The van der Waals surface area contributed by atoms with Crippen molar-refractivity contribution in [3.8, 4) is 22.6 Å². The molecule has 6 aromatic rings. The molecule has 4 heteroatoms. The normalized spacial score (nSPS) is 10.7. The topological polar surface area (TPSA) is 26.3 Å². The molecule has 0 fully saturated rings. The molecule has 0 aliphatic rings. The second kappa shape index (κ2) is 10.4. The molecular weight excluding hydrogens is 480 g/mol. The SMILES string of the molecule is Cc1ccc(-c2cc3ccccc3c(=S)o2)cc1.Cc1ccc(-c2cc3ccccc3c(=S)o2)cc1. The Kier molecular flexibility index (Phi) is 6.90. The number of aryl methyl sites for hydroxylation is 2. The Morgan fingerprint density at radius 1 is 0.472 bits per heavy atom. The van der Waals surface area contributed by atoms with Crippen molar-refractivity contribution in [2.24, 2.45) is 0 Å². The zero-order chi connectivity index (χ0) is 25.1. The van der Waals surface area contributed by atoms with E-state index in [9.17, 15) is 0 Å².